The fourth-order valence-corrected chi connectivity index (χ4v) is 2.60. The van der Waals surface area contributed by atoms with Gasteiger partial charge in [0.05, 0.1) is 5.69 Å². The molecular weight excluding hydrogens is 254 g/mol. The Kier molecular flexibility index (Phi) is 5.00. The molecule has 1 aliphatic rings. The van der Waals surface area contributed by atoms with Crippen LogP contribution >= 0.6 is 0 Å². The summed E-state index contributed by atoms with van der Waals surface area (Å²) >= 11 is 0. The summed E-state index contributed by atoms with van der Waals surface area (Å²) in [5.41, 5.74) is 6.59. The van der Waals surface area contributed by atoms with Crippen LogP contribution in [0.15, 0.2) is 6.20 Å². The minimum absolute atomic E-state index is 0.164. The molecule has 6 heteroatoms. The summed E-state index contributed by atoms with van der Waals surface area (Å²) in [5.74, 6) is 0.555. The molecule has 0 atom stereocenters. The van der Waals surface area contributed by atoms with Crippen molar-refractivity contribution < 1.29 is 4.79 Å². The van der Waals surface area contributed by atoms with Gasteiger partial charge in [0, 0.05) is 19.3 Å². The number of aryl methyl sites for hydroxylation is 1. The Hall–Kier alpha value is -1.56. The predicted molar refractivity (Wildman–Crippen MR) is 79.5 cm³/mol. The number of likely N-dealkylation sites (tertiary alicyclic amines) is 1. The van der Waals surface area contributed by atoms with Gasteiger partial charge in [-0.3, -0.25) is 9.48 Å². The highest BCUT2D eigenvalue weighted by Gasteiger charge is 2.18. The number of nitrogens with zero attached hydrogens (tertiary/aromatic N) is 3. The SMILES string of the molecule is CCn1cc(N)c(C(=O)NCCC2CCN(C)CC2)n1. The zero-order chi connectivity index (χ0) is 14.5. The number of nitrogens with two attached hydrogens (primary N) is 1. The van der Waals surface area contributed by atoms with Crippen molar-refractivity contribution in [2.75, 3.05) is 32.4 Å². The highest BCUT2D eigenvalue weighted by molar-refractivity contribution is 5.96. The van der Waals surface area contributed by atoms with Crippen LogP contribution < -0.4 is 11.1 Å². The summed E-state index contributed by atoms with van der Waals surface area (Å²) in [5, 5.41) is 7.10. The number of hydrogen-bond acceptors (Lipinski definition) is 4. The minimum atomic E-state index is -0.164. The maximum Gasteiger partial charge on any atom is 0.273 e. The molecule has 3 N–H and O–H groups in total. The van der Waals surface area contributed by atoms with Crippen LogP contribution in [0, 0.1) is 5.92 Å². The first kappa shape index (κ1) is 14.8. The first-order chi connectivity index (χ1) is 9.60. The van der Waals surface area contributed by atoms with Crippen LogP contribution in [0.4, 0.5) is 5.69 Å². The number of nitrogens with one attached hydrogen (secondary N) is 1. The fourth-order valence-electron chi connectivity index (χ4n) is 2.60. The van der Waals surface area contributed by atoms with Crippen molar-refractivity contribution in [1.29, 1.82) is 0 Å². The van der Waals surface area contributed by atoms with Crippen molar-refractivity contribution in [3.05, 3.63) is 11.9 Å². The summed E-state index contributed by atoms with van der Waals surface area (Å²) in [4.78, 5) is 14.4. The first-order valence-corrected chi connectivity index (χ1v) is 7.39. The monoisotopic (exact) mass is 279 g/mol. The highest BCUT2D eigenvalue weighted by Crippen LogP contribution is 2.18. The normalized spacial score (nSPS) is 17.3. The third-order valence-electron chi connectivity index (χ3n) is 4.01. The van der Waals surface area contributed by atoms with Crippen LogP contribution in [-0.4, -0.2) is 47.3 Å². The number of aromatic nitrogens is 2. The minimum Gasteiger partial charge on any atom is -0.396 e. The van der Waals surface area contributed by atoms with Gasteiger partial charge in [-0.15, -0.1) is 0 Å². The number of carbonyl (C=O) groups excluding carboxylic acids is 1. The van der Waals surface area contributed by atoms with Gasteiger partial charge in [-0.1, -0.05) is 0 Å². The van der Waals surface area contributed by atoms with Gasteiger partial charge in [-0.05, 0) is 52.2 Å². The van der Waals surface area contributed by atoms with Crippen molar-refractivity contribution in [3.8, 4) is 0 Å². The Labute approximate surface area is 120 Å². The van der Waals surface area contributed by atoms with Gasteiger partial charge in [0.25, 0.3) is 5.91 Å². The Morgan fingerprint density at radius 1 is 1.50 bits per heavy atom. The van der Waals surface area contributed by atoms with Crippen molar-refractivity contribution in [3.63, 3.8) is 0 Å². The maximum absolute atomic E-state index is 12.0. The van der Waals surface area contributed by atoms with Gasteiger partial charge < -0.3 is 16.0 Å². The Balaban J connectivity index is 1.76. The summed E-state index contributed by atoms with van der Waals surface area (Å²) in [6.45, 7) is 5.70. The number of carbonyl (C=O) groups is 1. The Bertz CT molecular complexity index is 448. The molecule has 0 radical (unpaired) electrons. The van der Waals surface area contributed by atoms with Gasteiger partial charge in [0.2, 0.25) is 0 Å². The van der Waals surface area contributed by atoms with E-state index in [4.69, 9.17) is 5.73 Å². The van der Waals surface area contributed by atoms with Crippen molar-refractivity contribution in [2.45, 2.75) is 32.7 Å². The smallest absolute Gasteiger partial charge is 0.273 e. The molecule has 0 aromatic carbocycles. The van der Waals surface area contributed by atoms with Crippen molar-refractivity contribution in [2.24, 2.45) is 5.92 Å². The zero-order valence-electron chi connectivity index (χ0n) is 12.4. The highest BCUT2D eigenvalue weighted by atomic mass is 16.1. The molecule has 6 nitrogen and oxygen atoms in total. The number of rotatable bonds is 5. The molecule has 2 rings (SSSR count). The van der Waals surface area contributed by atoms with Crippen LogP contribution in [-0.2, 0) is 6.54 Å². The lowest BCUT2D eigenvalue weighted by Crippen LogP contribution is -2.33. The van der Waals surface area contributed by atoms with Gasteiger partial charge in [0.15, 0.2) is 5.69 Å². The molecule has 112 valence electrons. The second-order valence-electron chi connectivity index (χ2n) is 5.58. The lowest BCUT2D eigenvalue weighted by atomic mass is 9.94. The van der Waals surface area contributed by atoms with Crippen LogP contribution in [0.3, 0.4) is 0 Å². The summed E-state index contributed by atoms with van der Waals surface area (Å²) < 4.78 is 1.68. The molecule has 0 unspecified atom stereocenters. The van der Waals surface area contributed by atoms with E-state index in [1.54, 1.807) is 10.9 Å². The van der Waals surface area contributed by atoms with E-state index in [1.165, 1.54) is 12.8 Å². The molecule has 1 fully saturated rings. The predicted octanol–water partition coefficient (Wildman–Crippen LogP) is 0.947. The second-order valence-corrected chi connectivity index (χ2v) is 5.58. The number of nitrogen functional groups attached to an aromatic ring is 1. The molecule has 2 heterocycles. The first-order valence-electron chi connectivity index (χ1n) is 7.39. The van der Waals surface area contributed by atoms with E-state index in [1.807, 2.05) is 6.92 Å². The van der Waals surface area contributed by atoms with E-state index in [9.17, 15) is 4.79 Å². The quantitative estimate of drug-likeness (QED) is 0.841. The number of hydrogen-bond donors (Lipinski definition) is 2. The van der Waals surface area contributed by atoms with Crippen LogP contribution in [0.1, 0.15) is 36.7 Å². The van der Waals surface area contributed by atoms with Crippen molar-refractivity contribution >= 4 is 11.6 Å². The zero-order valence-corrected chi connectivity index (χ0v) is 12.4. The number of piperidine rings is 1. The lowest BCUT2D eigenvalue weighted by molar-refractivity contribution is 0.0944. The maximum atomic E-state index is 12.0. The number of amides is 1. The van der Waals surface area contributed by atoms with Gasteiger partial charge >= 0.3 is 0 Å². The van der Waals surface area contributed by atoms with Crippen molar-refractivity contribution in [1.82, 2.24) is 20.0 Å². The molecule has 20 heavy (non-hydrogen) atoms. The molecule has 0 saturated carbocycles. The van der Waals surface area contributed by atoms with E-state index in [2.05, 4.69) is 22.4 Å². The topological polar surface area (TPSA) is 76.2 Å². The standard InChI is InChI=1S/C14H25N5O/c1-3-19-10-12(15)13(17-19)14(20)16-7-4-11-5-8-18(2)9-6-11/h10-11H,3-9,15H2,1-2H3,(H,16,20). The molecular formula is C14H25N5O. The molecule has 0 bridgehead atoms. The van der Waals surface area contributed by atoms with E-state index >= 15 is 0 Å². The third kappa shape index (κ3) is 3.72. The molecule has 1 aliphatic heterocycles. The van der Waals surface area contributed by atoms with E-state index in [-0.39, 0.29) is 5.91 Å². The Morgan fingerprint density at radius 2 is 2.20 bits per heavy atom. The largest absolute Gasteiger partial charge is 0.396 e. The van der Waals surface area contributed by atoms with Crippen LogP contribution in [0.5, 0.6) is 0 Å². The average Bonchev–Trinajstić information content (AvgIpc) is 2.82. The molecule has 1 amide bonds. The van der Waals surface area contributed by atoms with E-state index in [0.717, 1.165) is 25.4 Å². The molecule has 1 aromatic heterocycles. The van der Waals surface area contributed by atoms with Crippen LogP contribution in [0.2, 0.25) is 0 Å². The Morgan fingerprint density at radius 3 is 2.80 bits per heavy atom. The molecule has 0 spiro atoms. The summed E-state index contributed by atoms with van der Waals surface area (Å²) in [7, 11) is 2.16. The van der Waals surface area contributed by atoms with E-state index in [0.29, 0.717) is 24.5 Å². The fraction of sp³-hybridized carbons (Fsp3) is 0.714. The third-order valence-corrected chi connectivity index (χ3v) is 4.01. The summed E-state index contributed by atoms with van der Waals surface area (Å²) in [6.07, 6.45) is 5.18. The molecule has 0 aliphatic carbocycles. The van der Waals surface area contributed by atoms with Gasteiger partial charge in [-0.25, -0.2) is 0 Å². The molecule has 1 aromatic rings. The van der Waals surface area contributed by atoms with Gasteiger partial charge in [-0.2, -0.15) is 5.10 Å². The average molecular weight is 279 g/mol. The van der Waals surface area contributed by atoms with Crippen LogP contribution in [0.25, 0.3) is 0 Å². The summed E-state index contributed by atoms with van der Waals surface area (Å²) in [6, 6.07) is 0. The molecule has 1 saturated heterocycles. The lowest BCUT2D eigenvalue weighted by Gasteiger charge is -2.28. The second kappa shape index (κ2) is 6.74. The van der Waals surface area contributed by atoms with Gasteiger partial charge in [0.1, 0.15) is 0 Å². The van der Waals surface area contributed by atoms with E-state index < -0.39 is 0 Å². The number of anilines is 1.